The first kappa shape index (κ1) is 11.3. The number of thiophene rings is 1. The SMILES string of the molecule is CNC(c1ccc(F)cc1)c1sccc1C. The van der Waals surface area contributed by atoms with Crippen LogP contribution in [-0.2, 0) is 0 Å². The van der Waals surface area contributed by atoms with Crippen LogP contribution in [0.1, 0.15) is 22.0 Å². The zero-order valence-corrected chi connectivity index (χ0v) is 10.1. The predicted octanol–water partition coefficient (Wildman–Crippen LogP) is 3.50. The summed E-state index contributed by atoms with van der Waals surface area (Å²) in [6.45, 7) is 2.10. The summed E-state index contributed by atoms with van der Waals surface area (Å²) in [5.41, 5.74) is 2.36. The standard InChI is InChI=1S/C13H14FNS/c1-9-7-8-16-13(9)12(15-2)10-3-5-11(14)6-4-10/h3-8,12,15H,1-2H3. The molecule has 0 saturated heterocycles. The van der Waals surface area contributed by atoms with E-state index in [4.69, 9.17) is 0 Å². The Hall–Kier alpha value is -1.19. The van der Waals surface area contributed by atoms with Gasteiger partial charge in [0.15, 0.2) is 0 Å². The molecule has 3 heteroatoms. The molecule has 1 aromatic heterocycles. The van der Waals surface area contributed by atoms with Crippen molar-refractivity contribution in [2.45, 2.75) is 13.0 Å². The number of aryl methyl sites for hydroxylation is 1. The fraction of sp³-hybridized carbons (Fsp3) is 0.231. The van der Waals surface area contributed by atoms with Gasteiger partial charge < -0.3 is 5.32 Å². The van der Waals surface area contributed by atoms with E-state index in [1.165, 1.54) is 22.6 Å². The molecule has 1 heterocycles. The molecule has 1 nitrogen and oxygen atoms in total. The molecule has 0 saturated carbocycles. The van der Waals surface area contributed by atoms with Crippen molar-refractivity contribution in [3.63, 3.8) is 0 Å². The minimum absolute atomic E-state index is 0.153. The minimum atomic E-state index is -0.193. The second-order valence-electron chi connectivity index (χ2n) is 3.74. The molecular formula is C13H14FNS. The van der Waals surface area contributed by atoms with Crippen LogP contribution in [-0.4, -0.2) is 7.05 Å². The zero-order valence-electron chi connectivity index (χ0n) is 9.33. The van der Waals surface area contributed by atoms with Gasteiger partial charge in [0, 0.05) is 4.88 Å². The van der Waals surface area contributed by atoms with E-state index in [2.05, 4.69) is 23.7 Å². The molecule has 0 aliphatic rings. The van der Waals surface area contributed by atoms with Crippen LogP contribution in [0.5, 0.6) is 0 Å². The Kier molecular flexibility index (Phi) is 3.36. The van der Waals surface area contributed by atoms with E-state index < -0.39 is 0 Å². The van der Waals surface area contributed by atoms with Gasteiger partial charge in [0.1, 0.15) is 5.82 Å². The van der Waals surface area contributed by atoms with Crippen LogP contribution in [0.15, 0.2) is 35.7 Å². The molecule has 0 fully saturated rings. The summed E-state index contributed by atoms with van der Waals surface area (Å²) in [4.78, 5) is 1.29. The Morgan fingerprint density at radius 3 is 2.38 bits per heavy atom. The van der Waals surface area contributed by atoms with Crippen molar-refractivity contribution in [1.82, 2.24) is 5.32 Å². The quantitative estimate of drug-likeness (QED) is 0.858. The third kappa shape index (κ3) is 2.15. The van der Waals surface area contributed by atoms with E-state index in [0.29, 0.717) is 0 Å². The van der Waals surface area contributed by atoms with Crippen LogP contribution in [0, 0.1) is 12.7 Å². The lowest BCUT2D eigenvalue weighted by atomic mass is 10.0. The lowest BCUT2D eigenvalue weighted by Gasteiger charge is -2.16. The Labute approximate surface area is 98.9 Å². The maximum Gasteiger partial charge on any atom is 0.123 e. The van der Waals surface area contributed by atoms with Gasteiger partial charge in [0.25, 0.3) is 0 Å². The highest BCUT2D eigenvalue weighted by atomic mass is 32.1. The first-order valence-corrected chi connectivity index (χ1v) is 6.07. The van der Waals surface area contributed by atoms with Crippen molar-refractivity contribution >= 4 is 11.3 Å². The van der Waals surface area contributed by atoms with E-state index in [9.17, 15) is 4.39 Å². The van der Waals surface area contributed by atoms with Crippen molar-refractivity contribution in [1.29, 1.82) is 0 Å². The molecule has 1 aromatic carbocycles. The summed E-state index contributed by atoms with van der Waals surface area (Å²) in [6, 6.07) is 8.92. The van der Waals surface area contributed by atoms with Crippen LogP contribution >= 0.6 is 11.3 Å². The topological polar surface area (TPSA) is 12.0 Å². The molecule has 0 bridgehead atoms. The lowest BCUT2D eigenvalue weighted by Crippen LogP contribution is -2.17. The van der Waals surface area contributed by atoms with Gasteiger partial charge in [0.2, 0.25) is 0 Å². The van der Waals surface area contributed by atoms with E-state index in [0.717, 1.165) is 5.56 Å². The Balaban J connectivity index is 2.37. The normalized spacial score (nSPS) is 12.7. The maximum atomic E-state index is 12.9. The smallest absolute Gasteiger partial charge is 0.123 e. The van der Waals surface area contributed by atoms with Gasteiger partial charge >= 0.3 is 0 Å². The molecule has 0 radical (unpaired) electrons. The monoisotopic (exact) mass is 235 g/mol. The van der Waals surface area contributed by atoms with Gasteiger partial charge in [-0.15, -0.1) is 11.3 Å². The summed E-state index contributed by atoms with van der Waals surface area (Å²) >= 11 is 1.73. The summed E-state index contributed by atoms with van der Waals surface area (Å²) in [5.74, 6) is -0.193. The number of nitrogens with one attached hydrogen (secondary N) is 1. The van der Waals surface area contributed by atoms with Gasteiger partial charge in [0.05, 0.1) is 6.04 Å². The third-order valence-corrected chi connectivity index (χ3v) is 3.74. The molecule has 0 aliphatic carbocycles. The number of benzene rings is 1. The molecule has 1 atom stereocenters. The summed E-state index contributed by atoms with van der Waals surface area (Å²) in [7, 11) is 1.92. The molecule has 0 spiro atoms. The zero-order chi connectivity index (χ0) is 11.5. The Bertz CT molecular complexity index is 461. The van der Waals surface area contributed by atoms with Crippen LogP contribution < -0.4 is 5.32 Å². The third-order valence-electron chi connectivity index (χ3n) is 2.66. The summed E-state index contributed by atoms with van der Waals surface area (Å²) in [6.07, 6.45) is 0. The van der Waals surface area contributed by atoms with Crippen LogP contribution in [0.3, 0.4) is 0 Å². The van der Waals surface area contributed by atoms with Crippen LogP contribution in [0.2, 0.25) is 0 Å². The average molecular weight is 235 g/mol. The van der Waals surface area contributed by atoms with Gasteiger partial charge in [-0.1, -0.05) is 12.1 Å². The first-order valence-electron chi connectivity index (χ1n) is 5.19. The summed E-state index contributed by atoms with van der Waals surface area (Å²) < 4.78 is 12.9. The van der Waals surface area contributed by atoms with Crippen molar-refractivity contribution in [3.05, 3.63) is 57.5 Å². The molecule has 1 N–H and O–H groups in total. The number of hydrogen-bond donors (Lipinski definition) is 1. The molecule has 1 unspecified atom stereocenters. The van der Waals surface area contributed by atoms with Gasteiger partial charge in [-0.25, -0.2) is 4.39 Å². The Morgan fingerprint density at radius 2 is 1.88 bits per heavy atom. The second-order valence-corrected chi connectivity index (χ2v) is 4.69. The molecule has 16 heavy (non-hydrogen) atoms. The average Bonchev–Trinajstić information content (AvgIpc) is 2.69. The van der Waals surface area contributed by atoms with Gasteiger partial charge in [-0.05, 0) is 48.7 Å². The number of hydrogen-bond acceptors (Lipinski definition) is 2. The second kappa shape index (κ2) is 4.76. The Morgan fingerprint density at radius 1 is 1.19 bits per heavy atom. The van der Waals surface area contributed by atoms with Crippen LogP contribution in [0.25, 0.3) is 0 Å². The van der Waals surface area contributed by atoms with Crippen molar-refractivity contribution in [2.24, 2.45) is 0 Å². The fourth-order valence-electron chi connectivity index (χ4n) is 1.78. The van der Waals surface area contributed by atoms with Crippen molar-refractivity contribution < 1.29 is 4.39 Å². The van der Waals surface area contributed by atoms with Crippen molar-refractivity contribution in [3.8, 4) is 0 Å². The molecular weight excluding hydrogens is 221 g/mol. The van der Waals surface area contributed by atoms with Crippen molar-refractivity contribution in [2.75, 3.05) is 7.05 Å². The number of rotatable bonds is 3. The van der Waals surface area contributed by atoms with E-state index in [1.54, 1.807) is 11.3 Å². The van der Waals surface area contributed by atoms with Crippen LogP contribution in [0.4, 0.5) is 4.39 Å². The molecule has 2 aromatic rings. The fourth-order valence-corrected chi connectivity index (χ4v) is 2.85. The minimum Gasteiger partial charge on any atom is -0.309 e. The summed E-state index contributed by atoms with van der Waals surface area (Å²) in [5, 5.41) is 5.35. The number of halogens is 1. The highest BCUT2D eigenvalue weighted by molar-refractivity contribution is 7.10. The van der Waals surface area contributed by atoms with Gasteiger partial charge in [-0.2, -0.15) is 0 Å². The van der Waals surface area contributed by atoms with E-state index >= 15 is 0 Å². The molecule has 0 aliphatic heterocycles. The molecule has 2 rings (SSSR count). The lowest BCUT2D eigenvalue weighted by molar-refractivity contribution is 0.624. The molecule has 84 valence electrons. The largest absolute Gasteiger partial charge is 0.309 e. The van der Waals surface area contributed by atoms with E-state index in [1.807, 2.05) is 19.2 Å². The van der Waals surface area contributed by atoms with E-state index in [-0.39, 0.29) is 11.9 Å². The highest BCUT2D eigenvalue weighted by Gasteiger charge is 2.15. The predicted molar refractivity (Wildman–Crippen MR) is 66.4 cm³/mol. The maximum absolute atomic E-state index is 12.9. The first-order chi connectivity index (χ1) is 7.72. The van der Waals surface area contributed by atoms with Gasteiger partial charge in [-0.3, -0.25) is 0 Å². The molecule has 0 amide bonds. The highest BCUT2D eigenvalue weighted by Crippen LogP contribution is 2.29.